The first-order valence-corrected chi connectivity index (χ1v) is 2.65. The zero-order valence-electron chi connectivity index (χ0n) is 6.69. The second-order valence-electron chi connectivity index (χ2n) is 1.09. The van der Waals surface area contributed by atoms with E-state index in [-0.39, 0.29) is 13.2 Å². The molecule has 0 spiro atoms. The Labute approximate surface area is 72.2 Å². The summed E-state index contributed by atoms with van der Waals surface area (Å²) in [5, 5.41) is 37.0. The van der Waals surface area contributed by atoms with Crippen LogP contribution in [0.15, 0.2) is 0 Å². The van der Waals surface area contributed by atoms with Gasteiger partial charge in [-0.3, -0.25) is 0 Å². The third kappa shape index (κ3) is 410. The molecule has 3 N–H and O–H groups in total. The van der Waals surface area contributed by atoms with Crippen LogP contribution in [0.3, 0.4) is 0 Å². The normalized spacial score (nSPS) is 6.69. The summed E-state index contributed by atoms with van der Waals surface area (Å²) in [4.78, 5) is 20.8. The Morgan fingerprint density at radius 3 is 1.38 bits per heavy atom. The molecular formula is C3H10N2O8. The van der Waals surface area contributed by atoms with E-state index < -0.39 is 10.2 Å². The Kier molecular flexibility index (Phi) is 22.4. The number of hydrogen-bond acceptors (Lipinski definition) is 7. The van der Waals surface area contributed by atoms with Crippen LogP contribution in [0.5, 0.6) is 0 Å². The molecule has 0 unspecified atom stereocenters. The van der Waals surface area contributed by atoms with Crippen molar-refractivity contribution in [1.82, 2.24) is 0 Å². The van der Waals surface area contributed by atoms with Crippen molar-refractivity contribution in [3.05, 3.63) is 20.2 Å². The number of aliphatic hydroxyl groups is 2. The van der Waals surface area contributed by atoms with Crippen LogP contribution in [-0.2, 0) is 4.84 Å². The Bertz CT molecular complexity index is 121. The van der Waals surface area contributed by atoms with E-state index >= 15 is 0 Å². The van der Waals surface area contributed by atoms with Crippen LogP contribution >= 0.6 is 0 Å². The van der Waals surface area contributed by atoms with Crippen molar-refractivity contribution >= 4 is 0 Å². The molecule has 10 nitrogen and oxygen atoms in total. The maximum atomic E-state index is 8.95. The zero-order chi connectivity index (χ0) is 11.3. The van der Waals surface area contributed by atoms with Crippen LogP contribution in [0.1, 0.15) is 0 Å². The monoisotopic (exact) mass is 202 g/mol. The lowest BCUT2D eigenvalue weighted by molar-refractivity contribution is -0.749. The quantitative estimate of drug-likeness (QED) is 0.358. The molecule has 0 aromatic rings. The molecule has 0 bridgehead atoms. The minimum absolute atomic E-state index is 0.125. The number of nitrogens with zero attached hydrogens (tertiary/aromatic N) is 2. The zero-order valence-corrected chi connectivity index (χ0v) is 6.69. The molecular weight excluding hydrogens is 192 g/mol. The van der Waals surface area contributed by atoms with Gasteiger partial charge in [0, 0.05) is 0 Å². The van der Waals surface area contributed by atoms with Gasteiger partial charge in [0.25, 0.3) is 10.2 Å². The molecule has 0 saturated carbocycles. The van der Waals surface area contributed by atoms with Crippen LogP contribution in [0.25, 0.3) is 0 Å². The Hall–Kier alpha value is -1.68. The molecule has 0 aliphatic carbocycles. The average molecular weight is 202 g/mol. The Morgan fingerprint density at radius 1 is 1.23 bits per heavy atom. The van der Waals surface area contributed by atoms with Gasteiger partial charge in [0.1, 0.15) is 0 Å². The molecule has 0 saturated heterocycles. The van der Waals surface area contributed by atoms with Gasteiger partial charge >= 0.3 is 0 Å². The van der Waals surface area contributed by atoms with E-state index in [0.717, 1.165) is 7.11 Å². The van der Waals surface area contributed by atoms with Crippen molar-refractivity contribution in [3.8, 4) is 0 Å². The van der Waals surface area contributed by atoms with Gasteiger partial charge in [-0.15, -0.1) is 20.2 Å². The minimum Gasteiger partial charge on any atom is -0.394 e. The minimum atomic E-state index is -1.50. The molecule has 0 heterocycles. The molecule has 0 radical (unpaired) electrons. The van der Waals surface area contributed by atoms with E-state index in [1.54, 1.807) is 0 Å². The summed E-state index contributed by atoms with van der Waals surface area (Å²) < 4.78 is 0. The molecule has 0 fully saturated rings. The average Bonchev–Trinajstić information content (AvgIpc) is 2.04. The fourth-order valence-electron chi connectivity index (χ4n) is 0. The molecule has 0 amide bonds. The van der Waals surface area contributed by atoms with E-state index in [1.165, 1.54) is 0 Å². The van der Waals surface area contributed by atoms with Crippen molar-refractivity contribution < 1.29 is 30.4 Å². The summed E-state index contributed by atoms with van der Waals surface area (Å²) >= 11 is 0. The number of hydrogen-bond donors (Lipinski definition) is 3. The summed E-state index contributed by atoms with van der Waals surface area (Å²) in [5.41, 5.74) is 0. The molecule has 0 aliphatic rings. The van der Waals surface area contributed by atoms with E-state index in [1.807, 2.05) is 0 Å². The van der Waals surface area contributed by atoms with Crippen molar-refractivity contribution in [2.45, 2.75) is 0 Å². The van der Waals surface area contributed by atoms with Crippen molar-refractivity contribution in [2.24, 2.45) is 0 Å². The molecule has 0 aliphatic heterocycles. The smallest absolute Gasteiger partial charge is 0.294 e. The lowest BCUT2D eigenvalue weighted by Crippen LogP contribution is -1.91. The van der Waals surface area contributed by atoms with Crippen LogP contribution in [0.4, 0.5) is 0 Å². The maximum absolute atomic E-state index is 8.95. The van der Waals surface area contributed by atoms with Gasteiger partial charge < -0.3 is 20.3 Å². The third-order valence-electron chi connectivity index (χ3n) is 0.249. The van der Waals surface area contributed by atoms with E-state index in [0.29, 0.717) is 0 Å². The number of aliphatic hydroxyl groups excluding tert-OH is 2. The van der Waals surface area contributed by atoms with Crippen molar-refractivity contribution in [3.63, 3.8) is 0 Å². The molecule has 0 rings (SSSR count). The third-order valence-corrected chi connectivity index (χ3v) is 0.249. The highest BCUT2D eigenvalue weighted by Crippen LogP contribution is 1.57. The second-order valence-corrected chi connectivity index (χ2v) is 1.09. The lowest BCUT2D eigenvalue weighted by atomic mass is 10.8. The van der Waals surface area contributed by atoms with Crippen LogP contribution in [-0.4, -0.2) is 45.9 Å². The predicted octanol–water partition coefficient (Wildman–Crippen LogP) is -1.55. The first-order chi connectivity index (χ1) is 5.92. The predicted molar refractivity (Wildman–Crippen MR) is 37.0 cm³/mol. The van der Waals surface area contributed by atoms with E-state index in [4.69, 9.17) is 35.6 Å². The summed E-state index contributed by atoms with van der Waals surface area (Å²) in [6.45, 7) is -0.250. The number of rotatable bonds is 2. The van der Waals surface area contributed by atoms with Crippen LogP contribution < -0.4 is 0 Å². The van der Waals surface area contributed by atoms with Crippen molar-refractivity contribution in [2.75, 3.05) is 20.3 Å². The second kappa shape index (κ2) is 16.7. The maximum Gasteiger partial charge on any atom is 0.294 e. The fraction of sp³-hybridized carbons (Fsp3) is 1.00. The van der Waals surface area contributed by atoms with Gasteiger partial charge in [-0.25, -0.2) is 0 Å². The highest BCUT2D eigenvalue weighted by atomic mass is 16.9. The van der Waals surface area contributed by atoms with Gasteiger partial charge in [0.05, 0.1) is 20.3 Å². The highest BCUT2D eigenvalue weighted by molar-refractivity contribution is 4.06. The largest absolute Gasteiger partial charge is 0.394 e. The van der Waals surface area contributed by atoms with E-state index in [9.17, 15) is 0 Å². The molecule has 0 aromatic heterocycles. The van der Waals surface area contributed by atoms with Crippen LogP contribution in [0, 0.1) is 20.2 Å². The summed E-state index contributed by atoms with van der Waals surface area (Å²) in [6.07, 6.45) is 0. The van der Waals surface area contributed by atoms with E-state index in [2.05, 4.69) is 4.84 Å². The van der Waals surface area contributed by atoms with Gasteiger partial charge in [-0.05, 0) is 0 Å². The standard InChI is InChI=1S/C2H6O2.CH3NO3.HNO3/c3-1-2-4;1-5-2(3)4;2-1(3)4/h3-4H,1-2H2;1H3;(H,2,3,4). The molecule has 0 atom stereocenters. The molecule has 80 valence electrons. The lowest BCUT2D eigenvalue weighted by Gasteiger charge is -1.75. The Balaban J connectivity index is -0.000000117. The van der Waals surface area contributed by atoms with Gasteiger partial charge in [0.15, 0.2) is 0 Å². The van der Waals surface area contributed by atoms with Crippen LogP contribution in [0.2, 0.25) is 0 Å². The summed E-state index contributed by atoms with van der Waals surface area (Å²) in [5.74, 6) is 0. The van der Waals surface area contributed by atoms with Gasteiger partial charge in [-0.1, -0.05) is 0 Å². The molecule has 0 aromatic carbocycles. The summed E-state index contributed by atoms with van der Waals surface area (Å²) in [7, 11) is 1.00. The summed E-state index contributed by atoms with van der Waals surface area (Å²) in [6, 6.07) is 0. The highest BCUT2D eigenvalue weighted by Gasteiger charge is 1.77. The topological polar surface area (TPSA) is 156 Å². The molecule has 13 heavy (non-hydrogen) atoms. The van der Waals surface area contributed by atoms with Crippen molar-refractivity contribution in [1.29, 1.82) is 0 Å². The SMILES string of the molecule is CO[N+](=O)[O-].O=[N+]([O-])O.OCCO. The molecule has 10 heteroatoms. The first-order valence-electron chi connectivity index (χ1n) is 2.65. The van der Waals surface area contributed by atoms with Gasteiger partial charge in [0.2, 0.25) is 0 Å². The fourth-order valence-corrected chi connectivity index (χ4v) is 0. The first kappa shape index (κ1) is 17.4. The Morgan fingerprint density at radius 2 is 1.38 bits per heavy atom. The van der Waals surface area contributed by atoms with Gasteiger partial charge in [-0.2, -0.15) is 0 Å².